The van der Waals surface area contributed by atoms with E-state index in [0.29, 0.717) is 0 Å². The summed E-state index contributed by atoms with van der Waals surface area (Å²) in [6, 6.07) is 19.9. The second-order valence-electron chi connectivity index (χ2n) is 10.4. The van der Waals surface area contributed by atoms with Gasteiger partial charge in [0.15, 0.2) is 0 Å². The predicted octanol–water partition coefficient (Wildman–Crippen LogP) is 7.00. The predicted molar refractivity (Wildman–Crippen MR) is 138 cm³/mol. The molecule has 2 aliphatic heterocycles. The molecule has 1 saturated heterocycles. The number of hydrogen-bond acceptors (Lipinski definition) is 4. The SMILES string of the molecule is CC(C)(C)N1CCC2(CCc3cc(-c4ccc(CSc5ccncc5)cc4)ccc3O2)CC1. The molecule has 3 nitrogen and oxygen atoms in total. The second kappa shape index (κ2) is 9.15. The van der Waals surface area contributed by atoms with Crippen LogP contribution in [-0.4, -0.2) is 34.1 Å². The van der Waals surface area contributed by atoms with Crippen molar-refractivity contribution in [2.75, 3.05) is 13.1 Å². The molecule has 0 aliphatic carbocycles. The summed E-state index contributed by atoms with van der Waals surface area (Å²) in [5.41, 5.74) is 5.53. The molecule has 4 heteroatoms. The first-order valence-corrected chi connectivity index (χ1v) is 13.1. The van der Waals surface area contributed by atoms with E-state index in [1.54, 1.807) is 0 Å². The highest BCUT2D eigenvalue weighted by Crippen LogP contribution is 2.41. The van der Waals surface area contributed by atoms with Gasteiger partial charge in [0, 0.05) is 41.7 Å². The lowest BCUT2D eigenvalue weighted by Gasteiger charge is -2.48. The Balaban J connectivity index is 1.23. The molecule has 5 rings (SSSR count). The highest BCUT2D eigenvalue weighted by Gasteiger charge is 2.41. The van der Waals surface area contributed by atoms with Gasteiger partial charge in [0.1, 0.15) is 11.4 Å². The molecule has 0 amide bonds. The third-order valence-electron chi connectivity index (χ3n) is 7.20. The molecule has 0 unspecified atom stereocenters. The van der Waals surface area contributed by atoms with E-state index in [4.69, 9.17) is 4.74 Å². The van der Waals surface area contributed by atoms with Crippen LogP contribution in [0, 0.1) is 0 Å². The summed E-state index contributed by atoms with van der Waals surface area (Å²) in [5.74, 6) is 2.07. The Bertz CT molecular complexity index is 1080. The molecule has 0 saturated carbocycles. The molecule has 1 spiro atoms. The van der Waals surface area contributed by atoms with Crippen molar-refractivity contribution in [2.24, 2.45) is 0 Å². The van der Waals surface area contributed by atoms with Crippen LogP contribution in [0.2, 0.25) is 0 Å². The van der Waals surface area contributed by atoms with E-state index in [9.17, 15) is 0 Å². The fraction of sp³-hybridized carbons (Fsp3) is 0.414. The van der Waals surface area contributed by atoms with Crippen molar-refractivity contribution in [1.82, 2.24) is 9.88 Å². The van der Waals surface area contributed by atoms with Crippen LogP contribution in [0.3, 0.4) is 0 Å². The van der Waals surface area contributed by atoms with Crippen LogP contribution in [0.15, 0.2) is 71.9 Å². The van der Waals surface area contributed by atoms with Gasteiger partial charge in [-0.1, -0.05) is 30.3 Å². The maximum Gasteiger partial charge on any atom is 0.123 e. The average Bonchev–Trinajstić information content (AvgIpc) is 2.83. The summed E-state index contributed by atoms with van der Waals surface area (Å²) in [7, 11) is 0. The highest BCUT2D eigenvalue weighted by molar-refractivity contribution is 7.98. The minimum absolute atomic E-state index is 0.0321. The van der Waals surface area contributed by atoms with Crippen LogP contribution in [-0.2, 0) is 12.2 Å². The Morgan fingerprint density at radius 1 is 0.909 bits per heavy atom. The number of rotatable bonds is 4. The van der Waals surface area contributed by atoms with Gasteiger partial charge in [-0.25, -0.2) is 0 Å². The molecular formula is C29H34N2OS. The van der Waals surface area contributed by atoms with E-state index in [2.05, 4.69) is 85.3 Å². The normalized spacial score (nSPS) is 18.0. The van der Waals surface area contributed by atoms with Crippen molar-refractivity contribution in [3.05, 3.63) is 78.1 Å². The molecule has 0 radical (unpaired) electrons. The van der Waals surface area contributed by atoms with Crippen molar-refractivity contribution in [1.29, 1.82) is 0 Å². The molecule has 2 aliphatic rings. The summed E-state index contributed by atoms with van der Waals surface area (Å²) >= 11 is 1.85. The van der Waals surface area contributed by atoms with Gasteiger partial charge in [-0.2, -0.15) is 0 Å². The van der Waals surface area contributed by atoms with Gasteiger partial charge in [0.2, 0.25) is 0 Å². The number of ether oxygens (including phenoxy) is 1. The quantitative estimate of drug-likeness (QED) is 0.393. The average molecular weight is 459 g/mol. The van der Waals surface area contributed by atoms with E-state index in [-0.39, 0.29) is 11.1 Å². The lowest BCUT2D eigenvalue weighted by Crippen LogP contribution is -2.54. The van der Waals surface area contributed by atoms with Crippen molar-refractivity contribution >= 4 is 11.8 Å². The summed E-state index contributed by atoms with van der Waals surface area (Å²) in [6.07, 6.45) is 8.20. The van der Waals surface area contributed by atoms with Crippen molar-refractivity contribution in [2.45, 2.75) is 68.2 Å². The number of thioether (sulfide) groups is 1. The number of pyridine rings is 1. The first kappa shape index (κ1) is 22.5. The molecule has 3 heterocycles. The van der Waals surface area contributed by atoms with Crippen LogP contribution in [0.25, 0.3) is 11.1 Å². The minimum atomic E-state index is 0.0321. The van der Waals surface area contributed by atoms with Crippen LogP contribution in [0.1, 0.15) is 51.2 Å². The molecule has 1 aromatic heterocycles. The van der Waals surface area contributed by atoms with Crippen LogP contribution in [0.5, 0.6) is 5.75 Å². The summed E-state index contributed by atoms with van der Waals surface area (Å²) in [5, 5.41) is 0. The molecule has 0 atom stereocenters. The number of piperidine rings is 1. The fourth-order valence-electron chi connectivity index (χ4n) is 5.03. The van der Waals surface area contributed by atoms with Crippen LogP contribution >= 0.6 is 11.8 Å². The lowest BCUT2D eigenvalue weighted by atomic mass is 9.81. The number of aromatic nitrogens is 1. The number of nitrogens with zero attached hydrogens (tertiary/aromatic N) is 2. The second-order valence-corrected chi connectivity index (χ2v) is 11.5. The molecule has 2 aromatic carbocycles. The minimum Gasteiger partial charge on any atom is -0.487 e. The van der Waals surface area contributed by atoms with E-state index in [0.717, 1.165) is 50.3 Å². The topological polar surface area (TPSA) is 25.4 Å². The number of hydrogen-bond donors (Lipinski definition) is 0. The largest absolute Gasteiger partial charge is 0.487 e. The van der Waals surface area contributed by atoms with Crippen molar-refractivity contribution in [3.63, 3.8) is 0 Å². The van der Waals surface area contributed by atoms with Gasteiger partial charge >= 0.3 is 0 Å². The van der Waals surface area contributed by atoms with Gasteiger partial charge in [-0.15, -0.1) is 11.8 Å². The lowest BCUT2D eigenvalue weighted by molar-refractivity contribution is -0.0355. The third kappa shape index (κ3) is 5.12. The monoisotopic (exact) mass is 458 g/mol. The van der Waals surface area contributed by atoms with Gasteiger partial charge in [0.05, 0.1) is 0 Å². The first-order chi connectivity index (χ1) is 15.9. The molecule has 33 heavy (non-hydrogen) atoms. The Morgan fingerprint density at radius 2 is 1.61 bits per heavy atom. The zero-order valence-corrected chi connectivity index (χ0v) is 20.8. The molecule has 0 N–H and O–H groups in total. The van der Waals surface area contributed by atoms with Crippen LogP contribution < -0.4 is 4.74 Å². The van der Waals surface area contributed by atoms with Gasteiger partial charge < -0.3 is 4.74 Å². The zero-order valence-electron chi connectivity index (χ0n) is 20.0. The smallest absolute Gasteiger partial charge is 0.123 e. The van der Waals surface area contributed by atoms with Gasteiger partial charge in [0.25, 0.3) is 0 Å². The van der Waals surface area contributed by atoms with Crippen molar-refractivity contribution in [3.8, 4) is 16.9 Å². The van der Waals surface area contributed by atoms with Gasteiger partial charge in [-0.3, -0.25) is 9.88 Å². The van der Waals surface area contributed by atoms with E-state index < -0.39 is 0 Å². The zero-order chi connectivity index (χ0) is 22.9. The molecule has 172 valence electrons. The fourth-order valence-corrected chi connectivity index (χ4v) is 5.87. The molecular weight excluding hydrogens is 424 g/mol. The highest BCUT2D eigenvalue weighted by atomic mass is 32.2. The standard InChI is InChI=1S/C29H34N2OS/c1-28(2,3)31-18-14-29(15-19-31)13-10-25-20-24(8-9-27(25)32-29)23-6-4-22(5-7-23)21-33-26-11-16-30-17-12-26/h4-9,11-12,16-17,20H,10,13-15,18-19,21H2,1-3H3. The number of likely N-dealkylation sites (tertiary alicyclic amines) is 1. The first-order valence-electron chi connectivity index (χ1n) is 12.1. The molecule has 0 bridgehead atoms. The maximum atomic E-state index is 6.67. The number of fused-ring (bicyclic) bond motifs is 1. The Hall–Kier alpha value is -2.30. The summed E-state index contributed by atoms with van der Waals surface area (Å²) in [4.78, 5) is 7.94. The van der Waals surface area contributed by atoms with Crippen molar-refractivity contribution < 1.29 is 4.74 Å². The van der Waals surface area contributed by atoms with E-state index >= 15 is 0 Å². The summed E-state index contributed by atoms with van der Waals surface area (Å²) in [6.45, 7) is 9.20. The Labute approximate surface area is 202 Å². The Kier molecular flexibility index (Phi) is 6.24. The van der Waals surface area contributed by atoms with Crippen LogP contribution in [0.4, 0.5) is 0 Å². The number of aryl methyl sites for hydroxylation is 1. The Morgan fingerprint density at radius 3 is 2.30 bits per heavy atom. The van der Waals surface area contributed by atoms with E-state index in [1.807, 2.05) is 24.2 Å². The number of benzene rings is 2. The van der Waals surface area contributed by atoms with E-state index in [1.165, 1.54) is 27.1 Å². The molecule has 1 fully saturated rings. The third-order valence-corrected chi connectivity index (χ3v) is 8.29. The molecule has 3 aromatic rings. The van der Waals surface area contributed by atoms with Gasteiger partial charge in [-0.05, 0) is 93.0 Å². The summed E-state index contributed by atoms with van der Waals surface area (Å²) < 4.78 is 6.67. The maximum absolute atomic E-state index is 6.67.